The van der Waals surface area contributed by atoms with Gasteiger partial charge in [-0.25, -0.2) is 0 Å². The average Bonchev–Trinajstić information content (AvgIpc) is 2.08. The predicted molar refractivity (Wildman–Crippen MR) is 58.7 cm³/mol. The fraction of sp³-hybridized carbons (Fsp3) is 0.900. The molecule has 1 saturated carbocycles. The number of hydrogen-bond donors (Lipinski definition) is 0. The lowest BCUT2D eigenvalue weighted by Gasteiger charge is -2.28. The largest absolute Gasteiger partial charge is 0.465 e. The van der Waals surface area contributed by atoms with Gasteiger partial charge in [-0.2, -0.15) is 0 Å². The molecule has 0 saturated heterocycles. The summed E-state index contributed by atoms with van der Waals surface area (Å²) in [5.74, 6) is 0.793. The van der Waals surface area contributed by atoms with Gasteiger partial charge in [-0.1, -0.05) is 0 Å². The maximum Gasteiger partial charge on any atom is 0.293 e. The standard InChI is InChI=1S/C10H19NO2.ClH/c1-11(2)7-9-3-5-10(6-4-9)13-8-12;/h8-10H,3-7H2,1-2H3;1H. The molecule has 0 amide bonds. The van der Waals surface area contributed by atoms with Gasteiger partial charge in [-0.15, -0.1) is 12.4 Å². The Hall–Kier alpha value is -0.280. The fourth-order valence-corrected chi connectivity index (χ4v) is 2.05. The first-order valence-corrected chi connectivity index (χ1v) is 4.96. The molecule has 14 heavy (non-hydrogen) atoms. The molecule has 1 rings (SSSR count). The highest BCUT2D eigenvalue weighted by Crippen LogP contribution is 2.25. The molecule has 1 fully saturated rings. The third-order valence-corrected chi connectivity index (χ3v) is 2.67. The molecule has 4 heteroatoms. The second-order valence-corrected chi connectivity index (χ2v) is 4.14. The minimum absolute atomic E-state index is 0. The van der Waals surface area contributed by atoms with Crippen LogP contribution in [-0.2, 0) is 9.53 Å². The molecule has 84 valence electrons. The Bertz CT molecular complexity index is 156. The van der Waals surface area contributed by atoms with E-state index in [-0.39, 0.29) is 18.5 Å². The monoisotopic (exact) mass is 221 g/mol. The van der Waals surface area contributed by atoms with Crippen molar-refractivity contribution in [3.63, 3.8) is 0 Å². The van der Waals surface area contributed by atoms with E-state index in [1.807, 2.05) is 0 Å². The van der Waals surface area contributed by atoms with E-state index in [1.54, 1.807) is 0 Å². The minimum atomic E-state index is 0. The van der Waals surface area contributed by atoms with Crippen LogP contribution in [0.5, 0.6) is 0 Å². The van der Waals surface area contributed by atoms with Gasteiger partial charge < -0.3 is 9.64 Å². The predicted octanol–water partition coefficient (Wildman–Crippen LogP) is 1.70. The van der Waals surface area contributed by atoms with Crippen LogP contribution >= 0.6 is 12.4 Å². The highest BCUT2D eigenvalue weighted by molar-refractivity contribution is 5.85. The summed E-state index contributed by atoms with van der Waals surface area (Å²) in [5.41, 5.74) is 0. The molecule has 0 unspecified atom stereocenters. The second kappa shape index (κ2) is 7.07. The molecular formula is C10H20ClNO2. The summed E-state index contributed by atoms with van der Waals surface area (Å²) < 4.78 is 4.94. The average molecular weight is 222 g/mol. The molecule has 0 aromatic carbocycles. The van der Waals surface area contributed by atoms with Crippen molar-refractivity contribution in [1.82, 2.24) is 4.90 Å². The van der Waals surface area contributed by atoms with Crippen molar-refractivity contribution in [3.05, 3.63) is 0 Å². The van der Waals surface area contributed by atoms with Crippen LogP contribution in [0.4, 0.5) is 0 Å². The van der Waals surface area contributed by atoms with E-state index in [1.165, 1.54) is 12.8 Å². The molecule has 0 aromatic rings. The highest BCUT2D eigenvalue weighted by atomic mass is 35.5. The molecule has 1 aliphatic carbocycles. The van der Waals surface area contributed by atoms with Gasteiger partial charge in [0.05, 0.1) is 0 Å². The highest BCUT2D eigenvalue weighted by Gasteiger charge is 2.21. The SMILES string of the molecule is CN(C)CC1CCC(OC=O)CC1.Cl. The quantitative estimate of drug-likeness (QED) is 0.677. The van der Waals surface area contributed by atoms with Crippen molar-refractivity contribution in [2.24, 2.45) is 5.92 Å². The van der Waals surface area contributed by atoms with E-state index in [9.17, 15) is 4.79 Å². The Morgan fingerprint density at radius 1 is 1.29 bits per heavy atom. The van der Waals surface area contributed by atoms with Crippen LogP contribution in [-0.4, -0.2) is 38.1 Å². The lowest BCUT2D eigenvalue weighted by molar-refractivity contribution is -0.135. The molecule has 0 spiro atoms. The Balaban J connectivity index is 0.00000169. The third kappa shape index (κ3) is 4.82. The number of ether oxygens (including phenoxy) is 1. The van der Waals surface area contributed by atoms with Gasteiger partial charge in [0.1, 0.15) is 6.10 Å². The maximum absolute atomic E-state index is 10.1. The van der Waals surface area contributed by atoms with E-state index in [4.69, 9.17) is 4.74 Å². The first-order valence-electron chi connectivity index (χ1n) is 4.96. The van der Waals surface area contributed by atoms with E-state index in [0.29, 0.717) is 6.47 Å². The first-order chi connectivity index (χ1) is 6.22. The molecular weight excluding hydrogens is 202 g/mol. The normalized spacial score (nSPS) is 26.8. The van der Waals surface area contributed by atoms with E-state index >= 15 is 0 Å². The summed E-state index contributed by atoms with van der Waals surface area (Å²) in [6.07, 6.45) is 4.65. The van der Waals surface area contributed by atoms with E-state index in [2.05, 4.69) is 19.0 Å². The fourth-order valence-electron chi connectivity index (χ4n) is 2.05. The summed E-state index contributed by atoms with van der Waals surface area (Å²) >= 11 is 0. The van der Waals surface area contributed by atoms with Crippen LogP contribution in [0.25, 0.3) is 0 Å². The van der Waals surface area contributed by atoms with Crippen molar-refractivity contribution in [2.75, 3.05) is 20.6 Å². The molecule has 3 nitrogen and oxygen atoms in total. The summed E-state index contributed by atoms with van der Waals surface area (Å²) in [6, 6.07) is 0. The van der Waals surface area contributed by atoms with Crippen molar-refractivity contribution in [1.29, 1.82) is 0 Å². The number of halogens is 1. The van der Waals surface area contributed by atoms with E-state index in [0.717, 1.165) is 25.3 Å². The molecule has 0 radical (unpaired) electrons. The number of hydrogen-bond acceptors (Lipinski definition) is 3. The van der Waals surface area contributed by atoms with Crippen LogP contribution in [0.3, 0.4) is 0 Å². The molecule has 0 atom stereocenters. The molecule has 0 aromatic heterocycles. The Morgan fingerprint density at radius 3 is 2.29 bits per heavy atom. The number of carbonyl (C=O) groups is 1. The van der Waals surface area contributed by atoms with Gasteiger partial charge in [-0.3, -0.25) is 4.79 Å². The Kier molecular flexibility index (Phi) is 6.93. The maximum atomic E-state index is 10.1. The zero-order valence-corrected chi connectivity index (χ0v) is 9.76. The first kappa shape index (κ1) is 13.7. The summed E-state index contributed by atoms with van der Waals surface area (Å²) in [5, 5.41) is 0. The van der Waals surface area contributed by atoms with Crippen LogP contribution in [0, 0.1) is 5.92 Å². The van der Waals surface area contributed by atoms with Crippen molar-refractivity contribution in [3.8, 4) is 0 Å². The van der Waals surface area contributed by atoms with Crippen molar-refractivity contribution >= 4 is 18.9 Å². The molecule has 0 heterocycles. The molecule has 0 aliphatic heterocycles. The third-order valence-electron chi connectivity index (χ3n) is 2.67. The molecule has 0 N–H and O–H groups in total. The summed E-state index contributed by atoms with van der Waals surface area (Å²) in [4.78, 5) is 12.3. The Morgan fingerprint density at radius 2 is 1.86 bits per heavy atom. The van der Waals surface area contributed by atoms with Gasteiger partial charge in [0.15, 0.2) is 0 Å². The van der Waals surface area contributed by atoms with Gasteiger partial charge in [0, 0.05) is 6.54 Å². The van der Waals surface area contributed by atoms with E-state index < -0.39 is 0 Å². The van der Waals surface area contributed by atoms with Gasteiger partial charge in [0.25, 0.3) is 6.47 Å². The zero-order valence-electron chi connectivity index (χ0n) is 8.94. The van der Waals surface area contributed by atoms with Crippen LogP contribution < -0.4 is 0 Å². The van der Waals surface area contributed by atoms with Crippen molar-refractivity contribution < 1.29 is 9.53 Å². The number of rotatable bonds is 4. The smallest absolute Gasteiger partial charge is 0.293 e. The zero-order chi connectivity index (χ0) is 9.68. The topological polar surface area (TPSA) is 29.5 Å². The van der Waals surface area contributed by atoms with Crippen LogP contribution in [0.15, 0.2) is 0 Å². The number of nitrogens with zero attached hydrogens (tertiary/aromatic N) is 1. The summed E-state index contributed by atoms with van der Waals surface area (Å²) in [6.45, 7) is 1.74. The van der Waals surface area contributed by atoms with Gasteiger partial charge in [-0.05, 0) is 45.7 Å². The lowest BCUT2D eigenvalue weighted by Crippen LogP contribution is -2.28. The van der Waals surface area contributed by atoms with Crippen LogP contribution in [0.2, 0.25) is 0 Å². The second-order valence-electron chi connectivity index (χ2n) is 4.14. The lowest BCUT2D eigenvalue weighted by atomic mass is 9.87. The number of carbonyl (C=O) groups excluding carboxylic acids is 1. The minimum Gasteiger partial charge on any atom is -0.465 e. The Labute approximate surface area is 92.2 Å². The van der Waals surface area contributed by atoms with Gasteiger partial charge in [0.2, 0.25) is 0 Å². The molecule has 0 bridgehead atoms. The summed E-state index contributed by atoms with van der Waals surface area (Å²) in [7, 11) is 4.21. The van der Waals surface area contributed by atoms with Crippen molar-refractivity contribution in [2.45, 2.75) is 31.8 Å². The molecule has 1 aliphatic rings. The van der Waals surface area contributed by atoms with Crippen LogP contribution in [0.1, 0.15) is 25.7 Å². The van der Waals surface area contributed by atoms with Gasteiger partial charge >= 0.3 is 0 Å².